The Morgan fingerprint density at radius 3 is 2.50 bits per heavy atom. The van der Waals surface area contributed by atoms with Gasteiger partial charge in [0.05, 0.1) is 12.4 Å². The summed E-state index contributed by atoms with van der Waals surface area (Å²) in [6.45, 7) is -2.62. The fourth-order valence-electron chi connectivity index (χ4n) is 2.86. The monoisotopic (exact) mass is 429 g/mol. The zero-order valence-corrected chi connectivity index (χ0v) is 16.1. The van der Waals surface area contributed by atoms with Crippen LogP contribution in [0.15, 0.2) is 60.9 Å². The van der Waals surface area contributed by atoms with Gasteiger partial charge in [0.1, 0.15) is 11.4 Å². The standard InChI is InChI=1S/C20H14ClF2N5O2/c21-14-5-1-12(2-6-14)9-25-19(29)16-10-24-11-17-26-27-18(28(16)17)13-3-7-15(8-4-13)30-20(22)23/h1-8,10-11,20H,9H2,(H,25,29). The Bertz CT molecular complexity index is 1180. The minimum Gasteiger partial charge on any atom is -0.435 e. The molecule has 0 unspecified atom stereocenters. The molecule has 0 atom stereocenters. The Balaban J connectivity index is 1.62. The Kier molecular flexibility index (Phi) is 5.53. The van der Waals surface area contributed by atoms with Crippen LogP contribution in [-0.2, 0) is 6.54 Å². The molecule has 0 radical (unpaired) electrons. The van der Waals surface area contributed by atoms with E-state index < -0.39 is 6.61 Å². The summed E-state index contributed by atoms with van der Waals surface area (Å²) in [4.78, 5) is 16.8. The highest BCUT2D eigenvalue weighted by Crippen LogP contribution is 2.23. The minimum absolute atomic E-state index is 0.0187. The summed E-state index contributed by atoms with van der Waals surface area (Å²) in [6.07, 6.45) is 2.88. The lowest BCUT2D eigenvalue weighted by Crippen LogP contribution is -2.25. The summed E-state index contributed by atoms with van der Waals surface area (Å²) >= 11 is 5.88. The van der Waals surface area contributed by atoms with Crippen molar-refractivity contribution in [2.75, 3.05) is 0 Å². The third-order valence-corrected chi connectivity index (χ3v) is 4.50. The molecule has 0 aliphatic heterocycles. The second kappa shape index (κ2) is 8.42. The van der Waals surface area contributed by atoms with Crippen molar-refractivity contribution in [3.05, 3.63) is 77.2 Å². The molecule has 2 aromatic heterocycles. The quantitative estimate of drug-likeness (QED) is 0.501. The number of nitrogens with zero attached hydrogens (tertiary/aromatic N) is 4. The highest BCUT2D eigenvalue weighted by Gasteiger charge is 2.17. The van der Waals surface area contributed by atoms with E-state index in [1.54, 1.807) is 28.7 Å². The van der Waals surface area contributed by atoms with Crippen LogP contribution in [0.3, 0.4) is 0 Å². The Hall–Kier alpha value is -3.59. The van der Waals surface area contributed by atoms with Crippen molar-refractivity contribution in [1.82, 2.24) is 24.9 Å². The maximum atomic E-state index is 12.8. The van der Waals surface area contributed by atoms with E-state index in [0.29, 0.717) is 28.6 Å². The molecule has 10 heteroatoms. The van der Waals surface area contributed by atoms with Crippen LogP contribution in [0.2, 0.25) is 5.02 Å². The number of amides is 1. The van der Waals surface area contributed by atoms with E-state index in [1.807, 2.05) is 12.1 Å². The van der Waals surface area contributed by atoms with Gasteiger partial charge in [-0.05, 0) is 42.0 Å². The van der Waals surface area contributed by atoms with Gasteiger partial charge in [-0.1, -0.05) is 23.7 Å². The molecule has 30 heavy (non-hydrogen) atoms. The number of hydrogen-bond acceptors (Lipinski definition) is 5. The van der Waals surface area contributed by atoms with E-state index in [1.165, 1.54) is 24.5 Å². The second-order valence-electron chi connectivity index (χ2n) is 6.22. The number of carbonyl (C=O) groups excluding carboxylic acids is 1. The largest absolute Gasteiger partial charge is 0.435 e. The third kappa shape index (κ3) is 4.20. The average molecular weight is 430 g/mol. The summed E-state index contributed by atoms with van der Waals surface area (Å²) < 4.78 is 30.6. The highest BCUT2D eigenvalue weighted by molar-refractivity contribution is 6.30. The van der Waals surface area contributed by atoms with Crippen LogP contribution in [0.1, 0.15) is 16.1 Å². The molecule has 4 rings (SSSR count). The number of carbonyl (C=O) groups is 1. The van der Waals surface area contributed by atoms with Crippen LogP contribution in [0.4, 0.5) is 8.78 Å². The summed E-state index contributed by atoms with van der Waals surface area (Å²) in [7, 11) is 0. The molecule has 0 aliphatic carbocycles. The Morgan fingerprint density at radius 1 is 1.07 bits per heavy atom. The third-order valence-electron chi connectivity index (χ3n) is 4.25. The predicted molar refractivity (Wildman–Crippen MR) is 105 cm³/mol. The molecule has 152 valence electrons. The zero-order valence-electron chi connectivity index (χ0n) is 15.3. The summed E-state index contributed by atoms with van der Waals surface area (Å²) in [5.41, 5.74) is 2.06. The van der Waals surface area contributed by atoms with Gasteiger partial charge in [0.2, 0.25) is 0 Å². The number of fused-ring (bicyclic) bond motifs is 1. The molecule has 0 fully saturated rings. The van der Waals surface area contributed by atoms with Gasteiger partial charge in [-0.2, -0.15) is 8.78 Å². The van der Waals surface area contributed by atoms with Gasteiger partial charge in [-0.25, -0.2) is 0 Å². The first-order valence-electron chi connectivity index (χ1n) is 8.78. The number of nitrogens with one attached hydrogen (secondary N) is 1. The van der Waals surface area contributed by atoms with Gasteiger partial charge in [-0.15, -0.1) is 10.2 Å². The van der Waals surface area contributed by atoms with E-state index >= 15 is 0 Å². The topological polar surface area (TPSA) is 81.4 Å². The lowest BCUT2D eigenvalue weighted by molar-refractivity contribution is -0.0498. The first kappa shape index (κ1) is 19.7. The van der Waals surface area contributed by atoms with E-state index in [2.05, 4.69) is 25.2 Å². The van der Waals surface area contributed by atoms with Crippen molar-refractivity contribution < 1.29 is 18.3 Å². The lowest BCUT2D eigenvalue weighted by Gasteiger charge is -2.09. The maximum Gasteiger partial charge on any atom is 0.387 e. The average Bonchev–Trinajstić information content (AvgIpc) is 3.17. The van der Waals surface area contributed by atoms with E-state index in [0.717, 1.165) is 5.56 Å². The number of alkyl halides is 2. The van der Waals surface area contributed by atoms with Crippen molar-refractivity contribution in [2.45, 2.75) is 13.2 Å². The maximum absolute atomic E-state index is 12.8. The first-order chi connectivity index (χ1) is 14.5. The molecular formula is C20H14ClF2N5O2. The van der Waals surface area contributed by atoms with Gasteiger partial charge < -0.3 is 10.1 Å². The molecule has 1 amide bonds. The number of rotatable bonds is 6. The molecule has 0 spiro atoms. The molecule has 0 saturated carbocycles. The van der Waals surface area contributed by atoms with Crippen LogP contribution in [0, 0.1) is 0 Å². The number of benzene rings is 2. The van der Waals surface area contributed by atoms with Crippen LogP contribution >= 0.6 is 11.6 Å². The second-order valence-corrected chi connectivity index (χ2v) is 6.66. The molecule has 0 aliphatic rings. The molecule has 1 N–H and O–H groups in total. The zero-order chi connectivity index (χ0) is 21.1. The number of ether oxygens (including phenoxy) is 1. The molecule has 7 nitrogen and oxygen atoms in total. The van der Waals surface area contributed by atoms with E-state index in [9.17, 15) is 13.6 Å². The number of aromatic nitrogens is 4. The molecule has 0 saturated heterocycles. The van der Waals surface area contributed by atoms with Gasteiger partial charge in [0, 0.05) is 17.1 Å². The van der Waals surface area contributed by atoms with Gasteiger partial charge >= 0.3 is 6.61 Å². The van der Waals surface area contributed by atoms with Crippen LogP contribution in [0.25, 0.3) is 17.0 Å². The molecule has 4 aromatic rings. The number of halogens is 3. The van der Waals surface area contributed by atoms with Crippen LogP contribution in [0.5, 0.6) is 5.75 Å². The van der Waals surface area contributed by atoms with Crippen molar-refractivity contribution in [1.29, 1.82) is 0 Å². The van der Waals surface area contributed by atoms with Crippen molar-refractivity contribution in [2.24, 2.45) is 0 Å². The van der Waals surface area contributed by atoms with E-state index in [-0.39, 0.29) is 17.4 Å². The van der Waals surface area contributed by atoms with Crippen LogP contribution in [-0.4, -0.2) is 32.1 Å². The van der Waals surface area contributed by atoms with Gasteiger partial charge in [-0.3, -0.25) is 14.2 Å². The number of hydrogen-bond donors (Lipinski definition) is 1. The lowest BCUT2D eigenvalue weighted by atomic mass is 10.2. The summed E-state index contributed by atoms with van der Waals surface area (Å²) in [5, 5.41) is 11.6. The normalized spacial score (nSPS) is 11.1. The molecule has 2 heterocycles. The predicted octanol–water partition coefficient (Wildman–Crippen LogP) is 3.98. The van der Waals surface area contributed by atoms with E-state index in [4.69, 9.17) is 11.6 Å². The fraction of sp³-hybridized carbons (Fsp3) is 0.100. The molecule has 0 bridgehead atoms. The summed E-state index contributed by atoms with van der Waals surface area (Å²) in [6, 6.07) is 13.0. The first-order valence-corrected chi connectivity index (χ1v) is 9.16. The Morgan fingerprint density at radius 2 is 1.80 bits per heavy atom. The Labute approximate surface area is 174 Å². The fourth-order valence-corrected chi connectivity index (χ4v) is 2.98. The van der Waals surface area contributed by atoms with Crippen LogP contribution < -0.4 is 10.1 Å². The molecular weight excluding hydrogens is 416 g/mol. The summed E-state index contributed by atoms with van der Waals surface area (Å²) in [5.74, 6) is 0.0135. The minimum atomic E-state index is -2.91. The highest BCUT2D eigenvalue weighted by atomic mass is 35.5. The van der Waals surface area contributed by atoms with Gasteiger partial charge in [0.15, 0.2) is 11.5 Å². The van der Waals surface area contributed by atoms with Crippen molar-refractivity contribution >= 4 is 23.2 Å². The van der Waals surface area contributed by atoms with Gasteiger partial charge in [0.25, 0.3) is 5.91 Å². The smallest absolute Gasteiger partial charge is 0.387 e. The molecule has 2 aromatic carbocycles. The van der Waals surface area contributed by atoms with Crippen molar-refractivity contribution in [3.8, 4) is 17.1 Å². The van der Waals surface area contributed by atoms with Crippen molar-refractivity contribution in [3.63, 3.8) is 0 Å². The SMILES string of the molecule is O=C(NCc1ccc(Cl)cc1)c1cncc2nnc(-c3ccc(OC(F)F)cc3)n12.